The van der Waals surface area contributed by atoms with Crippen molar-refractivity contribution < 1.29 is 17.9 Å². The minimum atomic E-state index is -4.22. The Bertz CT molecular complexity index is 190. The highest BCUT2D eigenvalue weighted by Gasteiger charge is 2.28. The molecule has 0 aromatic carbocycles. The maximum absolute atomic E-state index is 11.8. The first-order valence-corrected chi connectivity index (χ1v) is 5.87. The normalized spacial score (nSPS) is 20.2. The maximum Gasteiger partial charge on any atom is 0.411 e. The molecule has 1 atom stereocenters. The molecule has 5 heteroatoms. The summed E-state index contributed by atoms with van der Waals surface area (Å²) in [5.74, 6) is 0.926. The summed E-state index contributed by atoms with van der Waals surface area (Å²) in [5.41, 5.74) is 5.64. The number of rotatable bonds is 6. The van der Waals surface area contributed by atoms with Crippen molar-refractivity contribution in [3.8, 4) is 0 Å². The molecule has 1 aliphatic rings. The minimum Gasteiger partial charge on any atom is -0.372 e. The first-order valence-electron chi connectivity index (χ1n) is 5.87. The lowest BCUT2D eigenvalue weighted by Crippen LogP contribution is -2.24. The van der Waals surface area contributed by atoms with Crippen LogP contribution >= 0.6 is 0 Å². The lowest BCUT2D eigenvalue weighted by atomic mass is 9.88. The zero-order valence-corrected chi connectivity index (χ0v) is 9.43. The molecule has 0 aliphatic heterocycles. The Morgan fingerprint density at radius 2 is 1.88 bits per heavy atom. The van der Waals surface area contributed by atoms with Crippen LogP contribution in [0.3, 0.4) is 0 Å². The minimum absolute atomic E-state index is 0.165. The highest BCUT2D eigenvalue weighted by molar-refractivity contribution is 4.76. The number of hydrogen-bond donors (Lipinski definition) is 1. The van der Waals surface area contributed by atoms with E-state index in [-0.39, 0.29) is 6.61 Å². The largest absolute Gasteiger partial charge is 0.411 e. The Labute approximate surface area is 94.3 Å². The van der Waals surface area contributed by atoms with E-state index in [1.165, 1.54) is 25.7 Å². The Morgan fingerprint density at radius 1 is 1.25 bits per heavy atom. The number of halogens is 3. The zero-order chi connectivity index (χ0) is 12.0. The monoisotopic (exact) mass is 239 g/mol. The smallest absolute Gasteiger partial charge is 0.372 e. The number of hydrogen-bond acceptors (Lipinski definition) is 2. The summed E-state index contributed by atoms with van der Waals surface area (Å²) in [4.78, 5) is 0. The number of nitrogens with two attached hydrogens (primary N) is 1. The molecule has 1 fully saturated rings. The van der Waals surface area contributed by atoms with Crippen molar-refractivity contribution in [3.05, 3.63) is 0 Å². The molecular weight excluding hydrogens is 219 g/mol. The van der Waals surface area contributed by atoms with E-state index < -0.39 is 12.8 Å². The van der Waals surface area contributed by atoms with Crippen LogP contribution in [0, 0.1) is 11.8 Å². The molecular formula is C11H20F3NO. The van der Waals surface area contributed by atoms with Crippen LogP contribution in [-0.2, 0) is 4.74 Å². The first kappa shape index (κ1) is 13.8. The van der Waals surface area contributed by atoms with E-state index in [0.29, 0.717) is 24.8 Å². The van der Waals surface area contributed by atoms with Crippen LogP contribution in [0.1, 0.15) is 32.1 Å². The summed E-state index contributed by atoms with van der Waals surface area (Å²) in [5, 5.41) is 0. The van der Waals surface area contributed by atoms with E-state index in [4.69, 9.17) is 5.73 Å². The molecule has 0 radical (unpaired) electrons. The van der Waals surface area contributed by atoms with Crippen LogP contribution < -0.4 is 5.73 Å². The molecule has 1 unspecified atom stereocenters. The second-order valence-corrected chi connectivity index (χ2v) is 4.50. The van der Waals surface area contributed by atoms with Crippen molar-refractivity contribution in [2.45, 2.75) is 38.3 Å². The predicted molar refractivity (Wildman–Crippen MR) is 56.0 cm³/mol. The van der Waals surface area contributed by atoms with Gasteiger partial charge in [-0.15, -0.1) is 0 Å². The van der Waals surface area contributed by atoms with Gasteiger partial charge >= 0.3 is 6.18 Å². The van der Waals surface area contributed by atoms with Crippen molar-refractivity contribution in [1.29, 1.82) is 0 Å². The predicted octanol–water partition coefficient (Wildman–Crippen LogP) is 2.72. The highest BCUT2D eigenvalue weighted by Crippen LogP contribution is 2.32. The van der Waals surface area contributed by atoms with Crippen LogP contribution in [-0.4, -0.2) is 25.9 Å². The van der Waals surface area contributed by atoms with Gasteiger partial charge in [-0.1, -0.05) is 25.7 Å². The third-order valence-corrected chi connectivity index (χ3v) is 3.27. The second kappa shape index (κ2) is 6.45. The quantitative estimate of drug-likeness (QED) is 0.723. The van der Waals surface area contributed by atoms with Gasteiger partial charge in [0.15, 0.2) is 0 Å². The molecule has 96 valence electrons. The molecule has 0 aromatic heterocycles. The molecule has 0 amide bonds. The zero-order valence-electron chi connectivity index (χ0n) is 9.43. The Hall–Kier alpha value is -0.290. The summed E-state index contributed by atoms with van der Waals surface area (Å²) in [7, 11) is 0. The fourth-order valence-electron chi connectivity index (χ4n) is 2.40. The van der Waals surface area contributed by atoms with Gasteiger partial charge in [0.25, 0.3) is 0 Å². The lowest BCUT2D eigenvalue weighted by molar-refractivity contribution is -0.174. The molecule has 1 rings (SSSR count). The van der Waals surface area contributed by atoms with Gasteiger partial charge < -0.3 is 10.5 Å². The SMILES string of the molecule is NCC(CCOCC(F)(F)F)C1CCCC1. The summed E-state index contributed by atoms with van der Waals surface area (Å²) in [6.45, 7) is -0.424. The summed E-state index contributed by atoms with van der Waals surface area (Å²) in [6, 6.07) is 0. The van der Waals surface area contributed by atoms with Crippen molar-refractivity contribution >= 4 is 0 Å². The molecule has 1 saturated carbocycles. The van der Waals surface area contributed by atoms with Gasteiger partial charge in [-0.2, -0.15) is 13.2 Å². The van der Waals surface area contributed by atoms with Crippen LogP contribution in [0.5, 0.6) is 0 Å². The molecule has 2 N–H and O–H groups in total. The molecule has 16 heavy (non-hydrogen) atoms. The van der Waals surface area contributed by atoms with Crippen LogP contribution in [0.25, 0.3) is 0 Å². The standard InChI is InChI=1S/C11H20F3NO/c12-11(13,14)8-16-6-5-10(7-15)9-3-1-2-4-9/h9-10H,1-8,15H2. The number of alkyl halides is 3. The van der Waals surface area contributed by atoms with Gasteiger partial charge in [0.1, 0.15) is 6.61 Å². The second-order valence-electron chi connectivity index (χ2n) is 4.50. The highest BCUT2D eigenvalue weighted by atomic mass is 19.4. The lowest BCUT2D eigenvalue weighted by Gasteiger charge is -2.21. The Balaban J connectivity index is 2.14. The molecule has 0 aromatic rings. The maximum atomic E-state index is 11.8. The third-order valence-electron chi connectivity index (χ3n) is 3.27. The Kier molecular flexibility index (Phi) is 5.55. The van der Waals surface area contributed by atoms with Crippen molar-refractivity contribution in [2.75, 3.05) is 19.8 Å². The molecule has 0 bridgehead atoms. The summed E-state index contributed by atoms with van der Waals surface area (Å²) < 4.78 is 40.0. The van der Waals surface area contributed by atoms with Crippen LogP contribution in [0.4, 0.5) is 13.2 Å². The fourth-order valence-corrected chi connectivity index (χ4v) is 2.40. The molecule has 0 saturated heterocycles. The van der Waals surface area contributed by atoms with Gasteiger partial charge in [0, 0.05) is 6.61 Å². The molecule has 2 nitrogen and oxygen atoms in total. The fraction of sp³-hybridized carbons (Fsp3) is 1.00. The molecule has 1 aliphatic carbocycles. The van der Waals surface area contributed by atoms with Crippen LogP contribution in [0.2, 0.25) is 0 Å². The molecule has 0 spiro atoms. The third kappa shape index (κ3) is 5.16. The van der Waals surface area contributed by atoms with Crippen molar-refractivity contribution in [1.82, 2.24) is 0 Å². The van der Waals surface area contributed by atoms with E-state index in [2.05, 4.69) is 4.74 Å². The number of ether oxygens (including phenoxy) is 1. The van der Waals surface area contributed by atoms with E-state index in [1.807, 2.05) is 0 Å². The van der Waals surface area contributed by atoms with Gasteiger partial charge in [-0.25, -0.2) is 0 Å². The van der Waals surface area contributed by atoms with Gasteiger partial charge in [-0.3, -0.25) is 0 Å². The average Bonchev–Trinajstić information content (AvgIpc) is 2.69. The summed E-state index contributed by atoms with van der Waals surface area (Å²) in [6.07, 6.45) is 1.22. The van der Waals surface area contributed by atoms with E-state index >= 15 is 0 Å². The first-order chi connectivity index (χ1) is 7.53. The van der Waals surface area contributed by atoms with E-state index in [9.17, 15) is 13.2 Å². The van der Waals surface area contributed by atoms with Crippen molar-refractivity contribution in [3.63, 3.8) is 0 Å². The summed E-state index contributed by atoms with van der Waals surface area (Å²) >= 11 is 0. The van der Waals surface area contributed by atoms with Gasteiger partial charge in [0.2, 0.25) is 0 Å². The van der Waals surface area contributed by atoms with Crippen LogP contribution in [0.15, 0.2) is 0 Å². The van der Waals surface area contributed by atoms with E-state index in [0.717, 1.165) is 0 Å². The van der Waals surface area contributed by atoms with E-state index in [1.54, 1.807) is 0 Å². The van der Waals surface area contributed by atoms with Gasteiger partial charge in [0.05, 0.1) is 0 Å². The van der Waals surface area contributed by atoms with Gasteiger partial charge in [-0.05, 0) is 24.8 Å². The molecule has 0 heterocycles. The Morgan fingerprint density at radius 3 is 2.38 bits per heavy atom. The average molecular weight is 239 g/mol. The topological polar surface area (TPSA) is 35.2 Å². The van der Waals surface area contributed by atoms with Crippen molar-refractivity contribution in [2.24, 2.45) is 17.6 Å².